The minimum Gasteiger partial charge on any atom is -0.481 e. The largest absolute Gasteiger partial charge is 0.481 e. The van der Waals surface area contributed by atoms with Gasteiger partial charge in [-0.15, -0.1) is 0 Å². The first kappa shape index (κ1) is 12.4. The average Bonchev–Trinajstić information content (AvgIpc) is 2.29. The third kappa shape index (κ3) is 3.20. The van der Waals surface area contributed by atoms with E-state index in [0.717, 1.165) is 29.8 Å². The molecule has 1 fully saturated rings. The van der Waals surface area contributed by atoms with Gasteiger partial charge >= 0.3 is 5.97 Å². The molecular formula is C12H15BrN2O2. The molecule has 2 rings (SSSR count). The summed E-state index contributed by atoms with van der Waals surface area (Å²) in [6, 6.07) is 8.01. The molecule has 0 amide bonds. The van der Waals surface area contributed by atoms with Crippen LogP contribution in [0.2, 0.25) is 0 Å². The molecule has 1 aliphatic heterocycles. The molecule has 1 saturated heterocycles. The summed E-state index contributed by atoms with van der Waals surface area (Å²) in [5.74, 6) is -0.751. The monoisotopic (exact) mass is 298 g/mol. The van der Waals surface area contributed by atoms with Crippen LogP contribution in [0, 0.1) is 0 Å². The smallest absolute Gasteiger partial charge is 0.305 e. The zero-order chi connectivity index (χ0) is 12.3. The van der Waals surface area contributed by atoms with Crippen molar-refractivity contribution in [1.82, 2.24) is 5.32 Å². The van der Waals surface area contributed by atoms with Gasteiger partial charge in [0, 0.05) is 29.8 Å². The van der Waals surface area contributed by atoms with E-state index in [1.807, 2.05) is 24.3 Å². The minimum atomic E-state index is -0.751. The summed E-state index contributed by atoms with van der Waals surface area (Å²) >= 11 is 3.44. The van der Waals surface area contributed by atoms with Crippen molar-refractivity contribution >= 4 is 27.6 Å². The van der Waals surface area contributed by atoms with Crippen LogP contribution in [0.4, 0.5) is 5.69 Å². The molecule has 5 heteroatoms. The first-order valence-electron chi connectivity index (χ1n) is 5.61. The van der Waals surface area contributed by atoms with Crippen molar-refractivity contribution in [1.29, 1.82) is 0 Å². The number of carboxylic acids is 1. The van der Waals surface area contributed by atoms with E-state index >= 15 is 0 Å². The molecule has 0 aliphatic carbocycles. The fraction of sp³-hybridized carbons (Fsp3) is 0.417. The molecule has 2 N–H and O–H groups in total. The summed E-state index contributed by atoms with van der Waals surface area (Å²) in [7, 11) is 0. The van der Waals surface area contributed by atoms with Crippen LogP contribution in [0.3, 0.4) is 0 Å². The summed E-state index contributed by atoms with van der Waals surface area (Å²) in [6.07, 6.45) is 0.166. The Morgan fingerprint density at radius 1 is 1.59 bits per heavy atom. The topological polar surface area (TPSA) is 52.6 Å². The minimum absolute atomic E-state index is 0.0237. The molecule has 0 aromatic heterocycles. The first-order chi connectivity index (χ1) is 8.16. The highest BCUT2D eigenvalue weighted by molar-refractivity contribution is 9.10. The molecule has 0 bridgehead atoms. The first-order valence-corrected chi connectivity index (χ1v) is 6.41. The lowest BCUT2D eigenvalue weighted by Gasteiger charge is -2.37. The van der Waals surface area contributed by atoms with Gasteiger partial charge in [0.15, 0.2) is 0 Å². The number of carboxylic acid groups (broad SMARTS) is 1. The van der Waals surface area contributed by atoms with E-state index in [1.54, 1.807) is 0 Å². The van der Waals surface area contributed by atoms with Gasteiger partial charge in [-0.1, -0.05) is 22.0 Å². The second kappa shape index (κ2) is 5.51. The van der Waals surface area contributed by atoms with Crippen molar-refractivity contribution in [2.24, 2.45) is 0 Å². The van der Waals surface area contributed by atoms with E-state index in [-0.39, 0.29) is 12.5 Å². The van der Waals surface area contributed by atoms with Crippen molar-refractivity contribution in [3.63, 3.8) is 0 Å². The number of hydrogen-bond donors (Lipinski definition) is 2. The van der Waals surface area contributed by atoms with Gasteiger partial charge in [0.1, 0.15) is 0 Å². The highest BCUT2D eigenvalue weighted by Gasteiger charge is 2.24. The SMILES string of the molecule is O=C(O)CC1CNCCN1c1cccc(Br)c1. The number of halogens is 1. The van der Waals surface area contributed by atoms with E-state index < -0.39 is 5.97 Å². The van der Waals surface area contributed by atoms with Crippen LogP contribution in [0.1, 0.15) is 6.42 Å². The molecule has 1 unspecified atom stereocenters. The van der Waals surface area contributed by atoms with Crippen LogP contribution in [0.15, 0.2) is 28.7 Å². The van der Waals surface area contributed by atoms with Gasteiger partial charge in [-0.3, -0.25) is 4.79 Å². The Hall–Kier alpha value is -1.07. The van der Waals surface area contributed by atoms with Crippen molar-refractivity contribution in [3.05, 3.63) is 28.7 Å². The molecule has 1 atom stereocenters. The molecule has 0 spiro atoms. The maximum Gasteiger partial charge on any atom is 0.305 e. The fourth-order valence-electron chi connectivity index (χ4n) is 2.14. The summed E-state index contributed by atoms with van der Waals surface area (Å²) in [5, 5.41) is 12.2. The number of hydrogen-bond acceptors (Lipinski definition) is 3. The molecular weight excluding hydrogens is 284 g/mol. The molecule has 4 nitrogen and oxygen atoms in total. The highest BCUT2D eigenvalue weighted by Crippen LogP contribution is 2.23. The van der Waals surface area contributed by atoms with Crippen LogP contribution >= 0.6 is 15.9 Å². The quantitative estimate of drug-likeness (QED) is 0.892. The third-order valence-electron chi connectivity index (χ3n) is 2.90. The van der Waals surface area contributed by atoms with Gasteiger partial charge in [0.2, 0.25) is 0 Å². The van der Waals surface area contributed by atoms with Crippen molar-refractivity contribution in [2.75, 3.05) is 24.5 Å². The third-order valence-corrected chi connectivity index (χ3v) is 3.39. The number of piperazine rings is 1. The molecule has 0 radical (unpaired) electrons. The molecule has 1 aromatic rings. The van der Waals surface area contributed by atoms with Crippen LogP contribution in [-0.4, -0.2) is 36.8 Å². The van der Waals surface area contributed by atoms with Gasteiger partial charge in [-0.05, 0) is 18.2 Å². The van der Waals surface area contributed by atoms with Gasteiger partial charge in [0.05, 0.1) is 12.5 Å². The number of rotatable bonds is 3. The van der Waals surface area contributed by atoms with Crippen LogP contribution in [0.5, 0.6) is 0 Å². The van der Waals surface area contributed by atoms with Crippen LogP contribution in [-0.2, 0) is 4.79 Å². The summed E-state index contributed by atoms with van der Waals surface area (Å²) < 4.78 is 1.02. The lowest BCUT2D eigenvalue weighted by molar-refractivity contribution is -0.137. The second-order valence-corrected chi connectivity index (χ2v) is 5.04. The summed E-state index contributed by atoms with van der Waals surface area (Å²) in [4.78, 5) is 13.0. The Morgan fingerprint density at radius 2 is 2.41 bits per heavy atom. The lowest BCUT2D eigenvalue weighted by Crippen LogP contribution is -2.52. The molecule has 1 aromatic carbocycles. The predicted octanol–water partition coefficient (Wildman–Crippen LogP) is 1.70. The molecule has 1 aliphatic rings. The van der Waals surface area contributed by atoms with E-state index in [1.165, 1.54) is 0 Å². The molecule has 17 heavy (non-hydrogen) atoms. The van der Waals surface area contributed by atoms with Gasteiger partial charge < -0.3 is 15.3 Å². The van der Waals surface area contributed by atoms with E-state index in [0.29, 0.717) is 0 Å². The maximum atomic E-state index is 10.8. The van der Waals surface area contributed by atoms with E-state index in [4.69, 9.17) is 5.11 Å². The van der Waals surface area contributed by atoms with Crippen molar-refractivity contribution in [3.8, 4) is 0 Å². The Balaban J connectivity index is 2.18. The Bertz CT molecular complexity index is 411. The summed E-state index contributed by atoms with van der Waals surface area (Å²) in [6.45, 7) is 2.45. The van der Waals surface area contributed by atoms with E-state index in [2.05, 4.69) is 26.1 Å². The van der Waals surface area contributed by atoms with Gasteiger partial charge in [-0.2, -0.15) is 0 Å². The van der Waals surface area contributed by atoms with Crippen molar-refractivity contribution in [2.45, 2.75) is 12.5 Å². The zero-order valence-corrected chi connectivity index (χ0v) is 11.0. The normalized spacial score (nSPS) is 20.3. The molecule has 0 saturated carbocycles. The number of anilines is 1. The van der Waals surface area contributed by atoms with Crippen molar-refractivity contribution < 1.29 is 9.90 Å². The summed E-state index contributed by atoms with van der Waals surface area (Å²) in [5.41, 5.74) is 1.08. The highest BCUT2D eigenvalue weighted by atomic mass is 79.9. The Morgan fingerprint density at radius 3 is 3.12 bits per heavy atom. The van der Waals surface area contributed by atoms with Crippen LogP contribution in [0.25, 0.3) is 0 Å². The van der Waals surface area contributed by atoms with E-state index in [9.17, 15) is 4.79 Å². The maximum absolute atomic E-state index is 10.8. The average molecular weight is 299 g/mol. The Kier molecular flexibility index (Phi) is 4.02. The number of benzene rings is 1. The van der Waals surface area contributed by atoms with Crippen LogP contribution < -0.4 is 10.2 Å². The molecule has 1 heterocycles. The number of nitrogens with zero attached hydrogens (tertiary/aromatic N) is 1. The molecule has 92 valence electrons. The Labute approximate surface area is 109 Å². The predicted molar refractivity (Wildman–Crippen MR) is 70.4 cm³/mol. The number of carbonyl (C=O) groups is 1. The number of aliphatic carboxylic acids is 1. The second-order valence-electron chi connectivity index (χ2n) is 4.13. The number of nitrogens with one attached hydrogen (secondary N) is 1. The lowest BCUT2D eigenvalue weighted by atomic mass is 10.1. The van der Waals surface area contributed by atoms with Gasteiger partial charge in [0.25, 0.3) is 0 Å². The standard InChI is InChI=1S/C12H15BrN2O2/c13-9-2-1-3-10(6-9)15-5-4-14-8-11(15)7-12(16)17/h1-3,6,11,14H,4-5,7-8H2,(H,16,17). The van der Waals surface area contributed by atoms with Gasteiger partial charge in [-0.25, -0.2) is 0 Å². The zero-order valence-electron chi connectivity index (χ0n) is 9.40. The fourth-order valence-corrected chi connectivity index (χ4v) is 2.53.